The summed E-state index contributed by atoms with van der Waals surface area (Å²) < 4.78 is 31.2. The molecule has 0 amide bonds. The van der Waals surface area contributed by atoms with E-state index in [0.29, 0.717) is 0 Å². The third-order valence-corrected chi connectivity index (χ3v) is 3.85. The molecule has 8 nitrogen and oxygen atoms in total. The van der Waals surface area contributed by atoms with Crippen molar-refractivity contribution in [3.8, 4) is 12.1 Å². The van der Waals surface area contributed by atoms with Crippen molar-refractivity contribution in [1.29, 1.82) is 5.26 Å². The number of rotatable bonds is 4. The topological polar surface area (TPSA) is 121 Å². The lowest BCUT2D eigenvalue weighted by Crippen LogP contribution is -2.15. The maximum atomic E-state index is 12.2. The zero-order chi connectivity index (χ0) is 14.8. The monoisotopic (exact) mass is 313 g/mol. The number of aromatic amines is 1. The summed E-state index contributed by atoms with van der Waals surface area (Å²) in [5, 5.41) is 15.1. The van der Waals surface area contributed by atoms with Crippen molar-refractivity contribution >= 4 is 27.6 Å². The summed E-state index contributed by atoms with van der Waals surface area (Å²) in [5.74, 6) is -0.134. The zero-order valence-electron chi connectivity index (χ0n) is 10.1. The molecular weight excluding hydrogens is 306 g/mol. The van der Waals surface area contributed by atoms with Gasteiger partial charge in [-0.25, -0.2) is 18.2 Å². The van der Waals surface area contributed by atoms with E-state index in [1.54, 1.807) is 6.07 Å². The fourth-order valence-electron chi connectivity index (χ4n) is 1.38. The lowest BCUT2D eigenvalue weighted by atomic mass is 10.2. The maximum absolute atomic E-state index is 12.2. The zero-order valence-corrected chi connectivity index (χ0v) is 11.7. The van der Waals surface area contributed by atoms with E-state index in [9.17, 15) is 8.42 Å². The van der Waals surface area contributed by atoms with Crippen LogP contribution >= 0.6 is 11.6 Å². The number of H-pyrrole nitrogens is 1. The molecule has 2 aromatic rings. The van der Waals surface area contributed by atoms with Gasteiger partial charge in [0.2, 0.25) is 5.95 Å². The number of nitrogens with zero attached hydrogens (tertiary/aromatic N) is 3. The highest BCUT2D eigenvalue weighted by Crippen LogP contribution is 2.22. The molecule has 1 aromatic heterocycles. The molecule has 104 valence electrons. The molecule has 0 aliphatic heterocycles. The first-order valence-corrected chi connectivity index (χ1v) is 7.01. The molecule has 0 spiro atoms. The molecule has 0 saturated heterocycles. The fraction of sp³-hybridized carbons (Fsp3) is 0.100. The van der Waals surface area contributed by atoms with Crippen LogP contribution in [0, 0.1) is 11.3 Å². The minimum absolute atomic E-state index is 0.0192. The fourth-order valence-corrected chi connectivity index (χ4v) is 2.75. The molecule has 1 aromatic carbocycles. The van der Waals surface area contributed by atoms with Crippen LogP contribution in [0.4, 0.5) is 5.95 Å². The lowest BCUT2D eigenvalue weighted by molar-refractivity contribution is 0.382. The average Bonchev–Trinajstić information content (AvgIpc) is 2.85. The highest BCUT2D eigenvalue weighted by Gasteiger charge is 2.21. The summed E-state index contributed by atoms with van der Waals surface area (Å²) in [6.45, 7) is 0. The number of hydrogen-bond acceptors (Lipinski definition) is 6. The molecule has 0 atom stereocenters. The molecule has 0 unspecified atom stereocenters. The molecule has 2 rings (SSSR count). The lowest BCUT2D eigenvalue weighted by Gasteiger charge is -2.06. The van der Waals surface area contributed by atoms with Gasteiger partial charge in [0.1, 0.15) is 11.0 Å². The highest BCUT2D eigenvalue weighted by atomic mass is 35.5. The van der Waals surface area contributed by atoms with Crippen LogP contribution in [0.5, 0.6) is 6.01 Å². The Morgan fingerprint density at radius 3 is 2.85 bits per heavy atom. The second-order valence-electron chi connectivity index (χ2n) is 3.53. The molecule has 0 radical (unpaired) electrons. The van der Waals surface area contributed by atoms with Crippen molar-refractivity contribution in [1.82, 2.24) is 15.2 Å². The second-order valence-corrected chi connectivity index (χ2v) is 5.62. The average molecular weight is 314 g/mol. The van der Waals surface area contributed by atoms with Gasteiger partial charge in [0, 0.05) is 5.02 Å². The third-order valence-electron chi connectivity index (χ3n) is 2.23. The van der Waals surface area contributed by atoms with E-state index >= 15 is 0 Å². The van der Waals surface area contributed by atoms with E-state index in [-0.39, 0.29) is 27.4 Å². The Hall–Kier alpha value is -2.31. The molecule has 20 heavy (non-hydrogen) atoms. The van der Waals surface area contributed by atoms with E-state index in [1.807, 2.05) is 0 Å². The van der Waals surface area contributed by atoms with Crippen LogP contribution in [-0.2, 0) is 10.0 Å². The van der Waals surface area contributed by atoms with Gasteiger partial charge in [-0.2, -0.15) is 10.2 Å². The predicted molar refractivity (Wildman–Crippen MR) is 69.9 cm³/mol. The predicted octanol–water partition coefficient (Wildman–Crippen LogP) is 1.14. The quantitative estimate of drug-likeness (QED) is 0.873. The second kappa shape index (κ2) is 5.36. The first kappa shape index (κ1) is 14.1. The van der Waals surface area contributed by atoms with Crippen LogP contribution in [0.1, 0.15) is 5.56 Å². The largest absolute Gasteiger partial charge is 0.466 e. The van der Waals surface area contributed by atoms with Gasteiger partial charge < -0.3 is 4.74 Å². The van der Waals surface area contributed by atoms with Gasteiger partial charge in [0.15, 0.2) is 0 Å². The number of sulfonamides is 1. The standard InChI is InChI=1S/C10H8ClN5O3S/c1-19-10-13-9(14-15-10)16-20(17,18)8-4-7(11)3-2-6(8)5-12/h2-4H,1H3,(H2,13,14,15,16). The van der Waals surface area contributed by atoms with Crippen LogP contribution in [0.25, 0.3) is 0 Å². The molecule has 0 aliphatic carbocycles. The minimum atomic E-state index is -4.02. The Balaban J connectivity index is 2.40. The third kappa shape index (κ3) is 2.81. The van der Waals surface area contributed by atoms with Crippen molar-refractivity contribution < 1.29 is 13.2 Å². The Morgan fingerprint density at radius 1 is 1.50 bits per heavy atom. The summed E-state index contributed by atoms with van der Waals surface area (Å²) in [5.41, 5.74) is -0.0339. The number of aromatic nitrogens is 3. The van der Waals surface area contributed by atoms with Crippen molar-refractivity contribution in [3.63, 3.8) is 0 Å². The van der Waals surface area contributed by atoms with Crippen molar-refractivity contribution in [3.05, 3.63) is 28.8 Å². The van der Waals surface area contributed by atoms with Crippen LogP contribution in [-0.4, -0.2) is 30.7 Å². The summed E-state index contributed by atoms with van der Waals surface area (Å²) in [4.78, 5) is 3.47. The van der Waals surface area contributed by atoms with Crippen molar-refractivity contribution in [2.24, 2.45) is 0 Å². The summed E-state index contributed by atoms with van der Waals surface area (Å²) in [6.07, 6.45) is 0. The van der Waals surface area contributed by atoms with Gasteiger partial charge in [-0.15, -0.1) is 5.10 Å². The molecule has 0 bridgehead atoms. The number of hydrogen-bond donors (Lipinski definition) is 2. The Labute approximate surface area is 119 Å². The smallest absolute Gasteiger partial charge is 0.336 e. The van der Waals surface area contributed by atoms with Gasteiger partial charge in [0.05, 0.1) is 12.7 Å². The van der Waals surface area contributed by atoms with E-state index in [0.717, 1.165) is 0 Å². The number of anilines is 1. The van der Waals surface area contributed by atoms with Crippen LogP contribution < -0.4 is 9.46 Å². The van der Waals surface area contributed by atoms with Crippen LogP contribution in [0.3, 0.4) is 0 Å². The van der Waals surface area contributed by atoms with Gasteiger partial charge in [-0.05, 0) is 18.2 Å². The molecule has 0 aliphatic rings. The number of nitrogens with one attached hydrogen (secondary N) is 2. The molecule has 1 heterocycles. The van der Waals surface area contributed by atoms with Crippen molar-refractivity contribution in [2.75, 3.05) is 11.8 Å². The van der Waals surface area contributed by atoms with Gasteiger partial charge in [-0.1, -0.05) is 11.6 Å². The molecule has 2 N–H and O–H groups in total. The Bertz CT molecular complexity index is 780. The molecule has 0 saturated carbocycles. The van der Waals surface area contributed by atoms with Crippen LogP contribution in [0.15, 0.2) is 23.1 Å². The number of methoxy groups -OCH3 is 1. The van der Waals surface area contributed by atoms with E-state index < -0.39 is 10.0 Å². The minimum Gasteiger partial charge on any atom is -0.466 e. The summed E-state index contributed by atoms with van der Waals surface area (Å²) in [7, 11) is -2.68. The van der Waals surface area contributed by atoms with E-state index in [1.165, 1.54) is 25.3 Å². The Kier molecular flexibility index (Phi) is 3.78. The number of nitriles is 1. The molecule has 10 heteroatoms. The normalized spacial score (nSPS) is 10.8. The first-order valence-electron chi connectivity index (χ1n) is 5.15. The number of halogens is 1. The first-order chi connectivity index (χ1) is 9.46. The highest BCUT2D eigenvalue weighted by molar-refractivity contribution is 7.92. The summed E-state index contributed by atoms with van der Waals surface area (Å²) >= 11 is 5.75. The molecular formula is C10H8ClN5O3S. The SMILES string of the molecule is COc1n[nH]c(NS(=O)(=O)c2cc(Cl)ccc2C#N)n1. The van der Waals surface area contributed by atoms with Gasteiger partial charge in [0.25, 0.3) is 10.0 Å². The summed E-state index contributed by atoms with van der Waals surface area (Å²) in [6, 6.07) is 5.68. The van der Waals surface area contributed by atoms with Crippen LogP contribution in [0.2, 0.25) is 5.02 Å². The Morgan fingerprint density at radius 2 is 2.25 bits per heavy atom. The van der Waals surface area contributed by atoms with Crippen molar-refractivity contribution in [2.45, 2.75) is 4.90 Å². The van der Waals surface area contributed by atoms with Gasteiger partial charge >= 0.3 is 6.01 Å². The molecule has 0 fully saturated rings. The van der Waals surface area contributed by atoms with E-state index in [4.69, 9.17) is 21.6 Å². The number of benzene rings is 1. The maximum Gasteiger partial charge on any atom is 0.336 e. The van der Waals surface area contributed by atoms with E-state index in [2.05, 4.69) is 19.9 Å². The van der Waals surface area contributed by atoms with Gasteiger partial charge in [-0.3, -0.25) is 0 Å². The number of ether oxygens (including phenoxy) is 1.